The van der Waals surface area contributed by atoms with Crippen molar-refractivity contribution in [2.45, 2.75) is 78.2 Å². The lowest BCUT2D eigenvalue weighted by atomic mass is 9.76. The number of hydrogen-bond acceptors (Lipinski definition) is 3. The van der Waals surface area contributed by atoms with E-state index in [0.717, 1.165) is 19.3 Å². The van der Waals surface area contributed by atoms with Gasteiger partial charge in [-0.25, -0.2) is 0 Å². The predicted octanol–water partition coefficient (Wildman–Crippen LogP) is 4.45. The van der Waals surface area contributed by atoms with Crippen LogP contribution >= 0.6 is 0 Å². The van der Waals surface area contributed by atoms with Gasteiger partial charge in [-0.1, -0.05) is 32.3 Å². The maximum absolute atomic E-state index is 12.6. The molecule has 3 heteroatoms. The van der Waals surface area contributed by atoms with E-state index in [9.17, 15) is 9.59 Å². The van der Waals surface area contributed by atoms with E-state index in [1.54, 1.807) is 13.0 Å². The van der Waals surface area contributed by atoms with Crippen LogP contribution in [0.1, 0.15) is 72.6 Å². The molecule has 0 aromatic rings. The number of carbonyl (C=O) groups is 2. The number of Topliss-reactive ketones (excluding diaryl/α,β-unsaturated/α-hetero) is 1. The van der Waals surface area contributed by atoms with Gasteiger partial charge in [0.15, 0.2) is 0 Å². The first-order valence-corrected chi connectivity index (χ1v) is 8.15. The minimum atomic E-state index is -1.10. The van der Waals surface area contributed by atoms with E-state index >= 15 is 0 Å². The summed E-state index contributed by atoms with van der Waals surface area (Å²) in [7, 11) is 0. The first-order valence-electron chi connectivity index (χ1n) is 8.15. The van der Waals surface area contributed by atoms with Crippen LogP contribution in [0.2, 0.25) is 0 Å². The maximum Gasteiger partial charge on any atom is 0.320 e. The first-order chi connectivity index (χ1) is 9.80. The van der Waals surface area contributed by atoms with Crippen molar-refractivity contribution < 1.29 is 14.3 Å². The number of ether oxygens (including phenoxy) is 1. The van der Waals surface area contributed by atoms with Crippen molar-refractivity contribution >= 4 is 11.8 Å². The zero-order valence-corrected chi connectivity index (χ0v) is 14.0. The Morgan fingerprint density at radius 2 is 1.81 bits per heavy atom. The van der Waals surface area contributed by atoms with Gasteiger partial charge >= 0.3 is 5.97 Å². The molecule has 120 valence electrons. The van der Waals surface area contributed by atoms with Crippen molar-refractivity contribution in [3.63, 3.8) is 0 Å². The highest BCUT2D eigenvalue weighted by molar-refractivity contribution is 6.02. The smallest absolute Gasteiger partial charge is 0.320 e. The summed E-state index contributed by atoms with van der Waals surface area (Å²) in [6.45, 7) is 10.9. The Balaban J connectivity index is 2.90. The van der Waals surface area contributed by atoms with Crippen molar-refractivity contribution in [3.8, 4) is 0 Å². The lowest BCUT2D eigenvalue weighted by Crippen LogP contribution is -2.46. The Morgan fingerprint density at radius 3 is 2.24 bits per heavy atom. The Kier molecular flexibility index (Phi) is 6.18. The lowest BCUT2D eigenvalue weighted by Gasteiger charge is -2.40. The lowest BCUT2D eigenvalue weighted by molar-refractivity contribution is -0.178. The van der Waals surface area contributed by atoms with Crippen molar-refractivity contribution in [2.24, 2.45) is 11.3 Å². The van der Waals surface area contributed by atoms with Gasteiger partial charge in [-0.3, -0.25) is 9.59 Å². The minimum absolute atomic E-state index is 0.158. The fraction of sp³-hybridized carbons (Fsp3) is 0.778. The molecule has 1 aliphatic rings. The van der Waals surface area contributed by atoms with Gasteiger partial charge in [0.05, 0.1) is 0 Å². The molecule has 0 saturated heterocycles. The van der Waals surface area contributed by atoms with E-state index < -0.39 is 17.0 Å². The summed E-state index contributed by atoms with van der Waals surface area (Å²) < 4.78 is 5.90. The SMILES string of the molecule is C=CCC(C)(C(C)=O)C(=O)OC(C)(CC)C1CCCCC1. The molecule has 2 atom stereocenters. The largest absolute Gasteiger partial charge is 0.458 e. The minimum Gasteiger partial charge on any atom is -0.458 e. The topological polar surface area (TPSA) is 43.4 Å². The molecule has 0 spiro atoms. The molecule has 0 heterocycles. The summed E-state index contributed by atoms with van der Waals surface area (Å²) in [5, 5.41) is 0. The van der Waals surface area contributed by atoms with Crippen LogP contribution < -0.4 is 0 Å². The standard InChI is InChI=1S/C18H30O3/c1-6-13-17(4,14(3)19)16(20)21-18(5,7-2)15-11-9-8-10-12-15/h6,15H,1,7-13H2,2-5H3. The van der Waals surface area contributed by atoms with Gasteiger partial charge in [0.1, 0.15) is 16.8 Å². The van der Waals surface area contributed by atoms with Crippen LogP contribution in [-0.4, -0.2) is 17.4 Å². The van der Waals surface area contributed by atoms with E-state index in [-0.39, 0.29) is 5.78 Å². The molecule has 0 aromatic heterocycles. The summed E-state index contributed by atoms with van der Waals surface area (Å²) in [5.74, 6) is -0.153. The molecule has 1 saturated carbocycles. The number of rotatable bonds is 7. The monoisotopic (exact) mass is 294 g/mol. The predicted molar refractivity (Wildman–Crippen MR) is 85.0 cm³/mol. The van der Waals surface area contributed by atoms with Crippen LogP contribution in [-0.2, 0) is 14.3 Å². The summed E-state index contributed by atoms with van der Waals surface area (Å²) in [6, 6.07) is 0. The molecule has 1 rings (SSSR count). The molecular formula is C18H30O3. The molecular weight excluding hydrogens is 264 g/mol. The zero-order chi connectivity index (χ0) is 16.1. The number of hydrogen-bond donors (Lipinski definition) is 0. The van der Waals surface area contributed by atoms with E-state index in [1.807, 2.05) is 6.92 Å². The highest BCUT2D eigenvalue weighted by atomic mass is 16.6. The van der Waals surface area contributed by atoms with E-state index in [2.05, 4.69) is 13.5 Å². The molecule has 1 aliphatic carbocycles. The van der Waals surface area contributed by atoms with Crippen molar-refractivity contribution in [1.29, 1.82) is 0 Å². The Bertz CT molecular complexity index is 395. The summed E-state index contributed by atoms with van der Waals surface area (Å²) >= 11 is 0. The van der Waals surface area contributed by atoms with Gasteiger partial charge in [0.2, 0.25) is 0 Å². The van der Waals surface area contributed by atoms with Crippen LogP contribution in [0.4, 0.5) is 0 Å². The Hall–Kier alpha value is -1.12. The quantitative estimate of drug-likeness (QED) is 0.396. The second kappa shape index (κ2) is 7.24. The number of esters is 1. The summed E-state index contributed by atoms with van der Waals surface area (Å²) in [4.78, 5) is 24.5. The first kappa shape index (κ1) is 17.9. The molecule has 21 heavy (non-hydrogen) atoms. The van der Waals surface area contributed by atoms with Crippen molar-refractivity contribution in [2.75, 3.05) is 0 Å². The maximum atomic E-state index is 12.6. The third kappa shape index (κ3) is 3.96. The van der Waals surface area contributed by atoms with E-state index in [1.165, 1.54) is 26.2 Å². The highest BCUT2D eigenvalue weighted by Crippen LogP contribution is 2.39. The van der Waals surface area contributed by atoms with Crippen molar-refractivity contribution in [1.82, 2.24) is 0 Å². The normalized spacial score (nSPS) is 21.9. The summed E-state index contributed by atoms with van der Waals surface area (Å²) in [5.41, 5.74) is -1.57. The fourth-order valence-corrected chi connectivity index (χ4v) is 3.14. The number of allylic oxidation sites excluding steroid dienone is 1. The van der Waals surface area contributed by atoms with Crippen LogP contribution in [0, 0.1) is 11.3 Å². The molecule has 0 aliphatic heterocycles. The van der Waals surface area contributed by atoms with Gasteiger partial charge in [-0.2, -0.15) is 0 Å². The van der Waals surface area contributed by atoms with Crippen LogP contribution in [0.5, 0.6) is 0 Å². The van der Waals surface area contributed by atoms with E-state index in [0.29, 0.717) is 12.3 Å². The second-order valence-corrected chi connectivity index (χ2v) is 6.77. The third-order valence-electron chi connectivity index (χ3n) is 5.28. The molecule has 2 unspecified atom stereocenters. The van der Waals surface area contributed by atoms with E-state index in [4.69, 9.17) is 4.74 Å². The highest BCUT2D eigenvalue weighted by Gasteiger charge is 2.44. The number of carbonyl (C=O) groups excluding carboxylic acids is 2. The Morgan fingerprint density at radius 1 is 1.24 bits per heavy atom. The molecule has 0 radical (unpaired) electrons. The molecule has 0 bridgehead atoms. The zero-order valence-electron chi connectivity index (χ0n) is 14.0. The van der Waals surface area contributed by atoms with Crippen molar-refractivity contribution in [3.05, 3.63) is 12.7 Å². The molecule has 1 fully saturated rings. The van der Waals surface area contributed by atoms with Crippen LogP contribution in [0.3, 0.4) is 0 Å². The van der Waals surface area contributed by atoms with Gasteiger partial charge in [-0.15, -0.1) is 6.58 Å². The van der Waals surface area contributed by atoms with Gasteiger partial charge in [0, 0.05) is 0 Å². The van der Waals surface area contributed by atoms with Gasteiger partial charge in [0.25, 0.3) is 0 Å². The van der Waals surface area contributed by atoms with Gasteiger partial charge < -0.3 is 4.74 Å². The molecule has 0 aromatic carbocycles. The summed E-state index contributed by atoms with van der Waals surface area (Å²) in [6.07, 6.45) is 8.62. The fourth-order valence-electron chi connectivity index (χ4n) is 3.14. The van der Waals surface area contributed by atoms with Crippen LogP contribution in [0.25, 0.3) is 0 Å². The molecule has 3 nitrogen and oxygen atoms in total. The second-order valence-electron chi connectivity index (χ2n) is 6.77. The van der Waals surface area contributed by atoms with Gasteiger partial charge in [-0.05, 0) is 52.4 Å². The average molecular weight is 294 g/mol. The molecule has 0 amide bonds. The van der Waals surface area contributed by atoms with Crippen LogP contribution in [0.15, 0.2) is 12.7 Å². The Labute approximate surface area is 129 Å². The third-order valence-corrected chi connectivity index (χ3v) is 5.28. The molecule has 0 N–H and O–H groups in total. The average Bonchev–Trinajstić information content (AvgIpc) is 2.47. The number of ketones is 1.